The molecule has 0 spiro atoms. The third kappa shape index (κ3) is 5.42. The summed E-state index contributed by atoms with van der Waals surface area (Å²) < 4.78 is 0. The maximum Gasteiger partial charge on any atom is 0.193 e. The van der Waals surface area contributed by atoms with E-state index in [1.165, 1.54) is 0 Å². The van der Waals surface area contributed by atoms with Crippen LogP contribution in [0.4, 0.5) is 11.5 Å². The lowest BCUT2D eigenvalue weighted by molar-refractivity contribution is 0.0986. The average molecular weight is 492 g/mol. The van der Waals surface area contributed by atoms with E-state index in [1.807, 2.05) is 66.7 Å². The zero-order valence-electron chi connectivity index (χ0n) is 20.5. The van der Waals surface area contributed by atoms with Crippen molar-refractivity contribution in [2.45, 2.75) is 25.3 Å². The Morgan fingerprint density at radius 2 is 1.57 bits per heavy atom. The van der Waals surface area contributed by atoms with Crippen molar-refractivity contribution in [1.29, 1.82) is 0 Å². The van der Waals surface area contributed by atoms with E-state index in [0.717, 1.165) is 42.7 Å². The highest BCUT2D eigenvalue weighted by Gasteiger charge is 2.23. The molecule has 1 aromatic heterocycles. The molecule has 0 radical (unpaired) electrons. The van der Waals surface area contributed by atoms with E-state index in [1.54, 1.807) is 18.3 Å². The van der Waals surface area contributed by atoms with Crippen LogP contribution in [0.25, 0.3) is 11.3 Å². The number of hydrogen-bond donors (Lipinski definition) is 2. The molecule has 37 heavy (non-hydrogen) atoms. The Morgan fingerprint density at radius 1 is 0.892 bits per heavy atom. The molecule has 1 aliphatic heterocycles. The van der Waals surface area contributed by atoms with Crippen LogP contribution < -0.4 is 16.4 Å². The monoisotopic (exact) mass is 491 g/mol. The predicted octanol–water partition coefficient (Wildman–Crippen LogP) is 4.31. The van der Waals surface area contributed by atoms with Crippen molar-refractivity contribution < 1.29 is 9.59 Å². The minimum absolute atomic E-state index is 0.0465. The number of nitrogens with two attached hydrogens (primary N) is 2. The number of nitrogens with zero attached hydrogens (tertiary/aromatic N) is 3. The van der Waals surface area contributed by atoms with Gasteiger partial charge in [-0.25, -0.2) is 9.97 Å². The molecule has 2 heterocycles. The van der Waals surface area contributed by atoms with Gasteiger partial charge in [0.05, 0.1) is 11.9 Å². The van der Waals surface area contributed by atoms with Crippen molar-refractivity contribution >= 4 is 23.1 Å². The highest BCUT2D eigenvalue weighted by atomic mass is 16.1. The average Bonchev–Trinajstić information content (AvgIpc) is 2.94. The second kappa shape index (κ2) is 10.7. The summed E-state index contributed by atoms with van der Waals surface area (Å²) in [5.41, 5.74) is 16.6. The highest BCUT2D eigenvalue weighted by Crippen LogP contribution is 2.28. The molecule has 7 heteroatoms. The Bertz CT molecular complexity index is 1410. The molecule has 0 amide bonds. The molecule has 4 N–H and O–H groups in total. The van der Waals surface area contributed by atoms with Crippen LogP contribution in [0.5, 0.6) is 0 Å². The van der Waals surface area contributed by atoms with E-state index in [-0.39, 0.29) is 35.5 Å². The Kier molecular flexibility index (Phi) is 7.05. The molecule has 1 aliphatic rings. The molecule has 0 bridgehead atoms. The summed E-state index contributed by atoms with van der Waals surface area (Å²) in [4.78, 5) is 37.8. The maximum absolute atomic E-state index is 13.6. The Hall–Kier alpha value is -4.36. The van der Waals surface area contributed by atoms with Crippen LogP contribution in [0.15, 0.2) is 85.1 Å². The molecule has 1 saturated heterocycles. The van der Waals surface area contributed by atoms with Crippen LogP contribution in [0.2, 0.25) is 0 Å². The van der Waals surface area contributed by atoms with Crippen LogP contribution in [-0.2, 0) is 6.42 Å². The summed E-state index contributed by atoms with van der Waals surface area (Å²) in [7, 11) is 0. The first-order chi connectivity index (χ1) is 18.0. The van der Waals surface area contributed by atoms with Gasteiger partial charge in [-0.2, -0.15) is 0 Å². The fourth-order valence-electron chi connectivity index (χ4n) is 4.68. The number of hydrogen-bond acceptors (Lipinski definition) is 7. The number of carbonyl (C=O) groups is 2. The van der Waals surface area contributed by atoms with Crippen molar-refractivity contribution in [2.75, 3.05) is 23.7 Å². The van der Waals surface area contributed by atoms with E-state index in [0.29, 0.717) is 16.8 Å². The number of Topliss-reactive ketones (excluding diaryl/α,β-unsaturated/α-hetero) is 1. The lowest BCUT2D eigenvalue weighted by Crippen LogP contribution is -2.40. The summed E-state index contributed by atoms with van der Waals surface area (Å²) in [6.07, 6.45) is 3.36. The fraction of sp³-hybridized carbons (Fsp3) is 0.200. The number of aromatic nitrogens is 2. The van der Waals surface area contributed by atoms with Gasteiger partial charge in [-0.05, 0) is 36.6 Å². The lowest BCUT2D eigenvalue weighted by Gasteiger charge is -2.33. The zero-order valence-corrected chi connectivity index (χ0v) is 20.5. The number of nitrogen functional groups attached to an aromatic ring is 1. The van der Waals surface area contributed by atoms with Gasteiger partial charge in [0, 0.05) is 47.9 Å². The molecule has 4 aromatic rings. The molecule has 5 rings (SSSR count). The van der Waals surface area contributed by atoms with E-state index in [4.69, 9.17) is 11.5 Å². The molecule has 0 saturated carbocycles. The van der Waals surface area contributed by atoms with Gasteiger partial charge in [0.25, 0.3) is 0 Å². The highest BCUT2D eigenvalue weighted by molar-refractivity contribution is 6.09. The van der Waals surface area contributed by atoms with E-state index < -0.39 is 0 Å². The van der Waals surface area contributed by atoms with Crippen molar-refractivity contribution in [3.8, 4) is 11.3 Å². The first-order valence-electron chi connectivity index (χ1n) is 12.4. The molecular weight excluding hydrogens is 462 g/mol. The third-order valence-corrected chi connectivity index (χ3v) is 6.74. The maximum atomic E-state index is 13.6. The Labute approximate surface area is 216 Å². The van der Waals surface area contributed by atoms with Gasteiger partial charge in [-0.1, -0.05) is 60.7 Å². The first-order valence-corrected chi connectivity index (χ1v) is 12.4. The second-order valence-corrected chi connectivity index (χ2v) is 9.32. The lowest BCUT2D eigenvalue weighted by atomic mass is 9.95. The van der Waals surface area contributed by atoms with Crippen LogP contribution in [-0.4, -0.2) is 40.7 Å². The second-order valence-electron chi connectivity index (χ2n) is 9.32. The Balaban J connectivity index is 1.50. The normalized spacial score (nSPS) is 13.9. The predicted molar refractivity (Wildman–Crippen MR) is 146 cm³/mol. The first kappa shape index (κ1) is 24.3. The number of benzene rings is 3. The van der Waals surface area contributed by atoms with Crippen molar-refractivity contribution in [1.82, 2.24) is 9.97 Å². The van der Waals surface area contributed by atoms with E-state index in [2.05, 4.69) is 14.9 Å². The number of ketones is 2. The molecule has 0 unspecified atom stereocenters. The molecule has 0 atom stereocenters. The number of piperidine rings is 1. The topological polar surface area (TPSA) is 115 Å². The van der Waals surface area contributed by atoms with Crippen LogP contribution >= 0.6 is 0 Å². The van der Waals surface area contributed by atoms with Gasteiger partial charge in [0.15, 0.2) is 17.4 Å². The summed E-state index contributed by atoms with van der Waals surface area (Å²) in [6.45, 7) is 1.58. The minimum Gasteiger partial charge on any atom is -0.382 e. The summed E-state index contributed by atoms with van der Waals surface area (Å²) >= 11 is 0. The SMILES string of the molecule is Nc1ncc(-c2ccccc2)nc1C(=O)Cc1cc(C(=O)c2ccccc2)ccc1N1CCC(N)CC1. The van der Waals surface area contributed by atoms with E-state index in [9.17, 15) is 9.59 Å². The minimum atomic E-state index is -0.248. The molecule has 3 aromatic carbocycles. The Morgan fingerprint density at radius 3 is 2.27 bits per heavy atom. The van der Waals surface area contributed by atoms with Gasteiger partial charge in [-0.15, -0.1) is 0 Å². The molecule has 0 aliphatic carbocycles. The smallest absolute Gasteiger partial charge is 0.193 e. The zero-order chi connectivity index (χ0) is 25.8. The van der Waals surface area contributed by atoms with Gasteiger partial charge in [-0.3, -0.25) is 9.59 Å². The van der Waals surface area contributed by atoms with Crippen LogP contribution in [0.3, 0.4) is 0 Å². The van der Waals surface area contributed by atoms with Crippen LogP contribution in [0, 0.1) is 0 Å². The van der Waals surface area contributed by atoms with Gasteiger partial charge in [0.1, 0.15) is 5.69 Å². The van der Waals surface area contributed by atoms with Crippen LogP contribution in [0.1, 0.15) is 44.8 Å². The fourth-order valence-corrected chi connectivity index (χ4v) is 4.68. The number of carbonyl (C=O) groups excluding carboxylic acids is 2. The number of rotatable bonds is 7. The van der Waals surface area contributed by atoms with Crippen molar-refractivity contribution in [2.24, 2.45) is 5.73 Å². The quantitative estimate of drug-likeness (QED) is 0.370. The van der Waals surface area contributed by atoms with Gasteiger partial charge < -0.3 is 16.4 Å². The van der Waals surface area contributed by atoms with Crippen molar-refractivity contribution in [3.63, 3.8) is 0 Å². The molecule has 7 nitrogen and oxygen atoms in total. The summed E-state index contributed by atoms with van der Waals surface area (Å²) in [6, 6.07) is 24.4. The van der Waals surface area contributed by atoms with Gasteiger partial charge in [0.2, 0.25) is 0 Å². The molecule has 1 fully saturated rings. The van der Waals surface area contributed by atoms with Crippen molar-refractivity contribution in [3.05, 3.63) is 107 Å². The molecule has 186 valence electrons. The standard InChI is InChI=1S/C30H29N5O2/c31-24-13-15-35(16-14-24)26-12-11-22(29(37)21-9-5-2-6-10-21)17-23(26)18-27(36)28-30(32)33-19-25(34-28)20-7-3-1-4-8-20/h1-12,17,19,24H,13-16,18,31H2,(H2,32,33). The summed E-state index contributed by atoms with van der Waals surface area (Å²) in [5.74, 6) is -0.249. The molecular formula is C30H29N5O2. The third-order valence-electron chi connectivity index (χ3n) is 6.74. The number of anilines is 2. The van der Waals surface area contributed by atoms with Gasteiger partial charge >= 0.3 is 0 Å². The van der Waals surface area contributed by atoms with E-state index >= 15 is 0 Å². The largest absolute Gasteiger partial charge is 0.382 e. The summed E-state index contributed by atoms with van der Waals surface area (Å²) in [5, 5.41) is 0.